The number of nitrogens with zero attached hydrogens (tertiary/aromatic N) is 1. The van der Waals surface area contributed by atoms with Gasteiger partial charge < -0.3 is 5.73 Å². The highest BCUT2D eigenvalue weighted by atomic mass is 32.2. The highest BCUT2D eigenvalue weighted by Gasteiger charge is 2.28. The van der Waals surface area contributed by atoms with Gasteiger partial charge in [-0.25, -0.2) is 0 Å². The second-order valence-corrected chi connectivity index (χ2v) is 6.76. The molecule has 0 fully saturated rings. The van der Waals surface area contributed by atoms with Crippen molar-refractivity contribution in [3.8, 4) is 0 Å². The number of nitrogen functional groups attached to an aromatic ring is 1. The van der Waals surface area contributed by atoms with Crippen molar-refractivity contribution in [3.05, 3.63) is 59.2 Å². The molecule has 1 atom stereocenters. The van der Waals surface area contributed by atoms with E-state index in [4.69, 9.17) is 5.73 Å². The number of fused-ring (bicyclic) bond motifs is 2. The molecule has 0 aromatic heterocycles. The molecule has 2 aliphatic rings. The van der Waals surface area contributed by atoms with Crippen molar-refractivity contribution in [3.63, 3.8) is 0 Å². The number of benzene rings is 2. The molecule has 1 unspecified atom stereocenters. The van der Waals surface area contributed by atoms with E-state index < -0.39 is 0 Å². The van der Waals surface area contributed by atoms with E-state index in [0.717, 1.165) is 25.3 Å². The molecule has 0 radical (unpaired) electrons. The fraction of sp³-hybridized carbons (Fsp3) is 0.294. The minimum Gasteiger partial charge on any atom is -0.398 e. The largest absolute Gasteiger partial charge is 0.398 e. The SMILES string of the molecule is Nc1cccc2c1CN(CC1CSc3ccccc31)C2. The quantitative estimate of drug-likeness (QED) is 0.855. The summed E-state index contributed by atoms with van der Waals surface area (Å²) in [7, 11) is 0. The van der Waals surface area contributed by atoms with Crippen LogP contribution in [-0.2, 0) is 13.1 Å². The normalized spacial score (nSPS) is 20.9. The van der Waals surface area contributed by atoms with Crippen LogP contribution in [0.15, 0.2) is 47.4 Å². The van der Waals surface area contributed by atoms with Crippen LogP contribution in [0.4, 0.5) is 5.69 Å². The van der Waals surface area contributed by atoms with Gasteiger partial charge in [-0.3, -0.25) is 4.90 Å². The van der Waals surface area contributed by atoms with Crippen LogP contribution in [0.1, 0.15) is 22.6 Å². The van der Waals surface area contributed by atoms with Crippen molar-refractivity contribution >= 4 is 17.4 Å². The van der Waals surface area contributed by atoms with Crippen LogP contribution in [0.5, 0.6) is 0 Å². The first kappa shape index (κ1) is 12.3. The third-order valence-corrected chi connectivity index (χ3v) is 5.61. The molecule has 0 aliphatic carbocycles. The maximum absolute atomic E-state index is 6.09. The van der Waals surface area contributed by atoms with E-state index in [-0.39, 0.29) is 0 Å². The van der Waals surface area contributed by atoms with E-state index in [1.165, 1.54) is 27.3 Å². The van der Waals surface area contributed by atoms with Crippen LogP contribution in [0.3, 0.4) is 0 Å². The summed E-state index contributed by atoms with van der Waals surface area (Å²) in [5.41, 5.74) is 11.3. The Morgan fingerprint density at radius 1 is 1.10 bits per heavy atom. The van der Waals surface area contributed by atoms with E-state index in [1.54, 1.807) is 0 Å². The molecule has 3 heteroatoms. The first-order valence-corrected chi connectivity index (χ1v) is 8.10. The molecule has 20 heavy (non-hydrogen) atoms. The summed E-state index contributed by atoms with van der Waals surface area (Å²) in [5, 5.41) is 0. The maximum atomic E-state index is 6.09. The average molecular weight is 282 g/mol. The fourth-order valence-electron chi connectivity index (χ4n) is 3.34. The van der Waals surface area contributed by atoms with Crippen LogP contribution >= 0.6 is 11.8 Å². The minimum atomic E-state index is 0.659. The Kier molecular flexibility index (Phi) is 2.97. The van der Waals surface area contributed by atoms with Gasteiger partial charge in [0, 0.05) is 41.9 Å². The molecule has 102 valence electrons. The standard InChI is InChI=1S/C17H18N2S/c18-16-6-3-4-12-8-19(10-15(12)16)9-13-11-20-17-7-2-1-5-14(13)17/h1-7,13H,8-11,18H2. The number of anilines is 1. The summed E-state index contributed by atoms with van der Waals surface area (Å²) >= 11 is 2.00. The van der Waals surface area contributed by atoms with Crippen LogP contribution in [0, 0.1) is 0 Å². The van der Waals surface area contributed by atoms with Gasteiger partial charge in [0.05, 0.1) is 0 Å². The molecule has 0 spiro atoms. The van der Waals surface area contributed by atoms with Crippen molar-refractivity contribution in [1.82, 2.24) is 4.90 Å². The van der Waals surface area contributed by atoms with Crippen molar-refractivity contribution in [1.29, 1.82) is 0 Å². The topological polar surface area (TPSA) is 29.3 Å². The molecule has 2 aliphatic heterocycles. The van der Waals surface area contributed by atoms with Gasteiger partial charge in [0.1, 0.15) is 0 Å². The number of hydrogen-bond acceptors (Lipinski definition) is 3. The Morgan fingerprint density at radius 2 is 2.00 bits per heavy atom. The molecule has 0 bridgehead atoms. The molecule has 2 aromatic rings. The molecule has 2 N–H and O–H groups in total. The molecular weight excluding hydrogens is 264 g/mol. The second-order valence-electron chi connectivity index (χ2n) is 5.70. The van der Waals surface area contributed by atoms with Crippen molar-refractivity contribution in [2.24, 2.45) is 0 Å². The van der Waals surface area contributed by atoms with Crippen LogP contribution in [0.2, 0.25) is 0 Å². The minimum absolute atomic E-state index is 0.659. The van der Waals surface area contributed by atoms with Gasteiger partial charge in [0.2, 0.25) is 0 Å². The molecule has 2 nitrogen and oxygen atoms in total. The molecule has 0 saturated carbocycles. The number of rotatable bonds is 2. The molecular formula is C17H18N2S. The van der Waals surface area contributed by atoms with E-state index in [2.05, 4.69) is 41.3 Å². The van der Waals surface area contributed by atoms with Crippen molar-refractivity contribution in [2.45, 2.75) is 23.9 Å². The smallest absolute Gasteiger partial charge is 0.0363 e. The van der Waals surface area contributed by atoms with Gasteiger partial charge >= 0.3 is 0 Å². The van der Waals surface area contributed by atoms with E-state index in [9.17, 15) is 0 Å². The molecule has 2 aromatic carbocycles. The van der Waals surface area contributed by atoms with Crippen LogP contribution in [-0.4, -0.2) is 17.2 Å². The lowest BCUT2D eigenvalue weighted by molar-refractivity contribution is 0.271. The zero-order valence-electron chi connectivity index (χ0n) is 11.4. The summed E-state index contributed by atoms with van der Waals surface area (Å²) < 4.78 is 0. The van der Waals surface area contributed by atoms with Crippen molar-refractivity contribution in [2.75, 3.05) is 18.0 Å². The number of hydrogen-bond donors (Lipinski definition) is 1. The third kappa shape index (κ3) is 2.02. The summed E-state index contributed by atoms with van der Waals surface area (Å²) in [4.78, 5) is 4.00. The second kappa shape index (κ2) is 4.83. The summed E-state index contributed by atoms with van der Waals surface area (Å²) in [5.74, 6) is 1.87. The van der Waals surface area contributed by atoms with Gasteiger partial charge in [-0.1, -0.05) is 30.3 Å². The number of thioether (sulfide) groups is 1. The van der Waals surface area contributed by atoms with E-state index in [1.807, 2.05) is 17.8 Å². The zero-order valence-corrected chi connectivity index (χ0v) is 12.2. The van der Waals surface area contributed by atoms with Crippen LogP contribution < -0.4 is 5.73 Å². The molecule has 0 saturated heterocycles. The predicted octanol–water partition coefficient (Wildman–Crippen LogP) is 3.47. The first-order chi connectivity index (χ1) is 9.81. The van der Waals surface area contributed by atoms with Crippen molar-refractivity contribution < 1.29 is 0 Å². The Hall–Kier alpha value is -1.45. The first-order valence-electron chi connectivity index (χ1n) is 7.11. The fourth-order valence-corrected chi connectivity index (χ4v) is 4.58. The third-order valence-electron chi connectivity index (χ3n) is 4.36. The molecule has 0 amide bonds. The van der Waals surface area contributed by atoms with Gasteiger partial charge in [0.15, 0.2) is 0 Å². The lowest BCUT2D eigenvalue weighted by Gasteiger charge is -2.20. The zero-order chi connectivity index (χ0) is 13.5. The maximum Gasteiger partial charge on any atom is 0.0363 e. The Bertz CT molecular complexity index is 653. The summed E-state index contributed by atoms with van der Waals surface area (Å²) in [6.45, 7) is 3.19. The van der Waals surface area contributed by atoms with Crippen LogP contribution in [0.25, 0.3) is 0 Å². The summed E-state index contributed by atoms with van der Waals surface area (Å²) in [6, 6.07) is 15.1. The van der Waals surface area contributed by atoms with E-state index >= 15 is 0 Å². The monoisotopic (exact) mass is 282 g/mol. The lowest BCUT2D eigenvalue weighted by atomic mass is 10.0. The van der Waals surface area contributed by atoms with Gasteiger partial charge in [-0.05, 0) is 28.8 Å². The Balaban J connectivity index is 1.52. The van der Waals surface area contributed by atoms with E-state index in [0.29, 0.717) is 5.92 Å². The average Bonchev–Trinajstić information content (AvgIpc) is 3.05. The predicted molar refractivity (Wildman–Crippen MR) is 84.9 cm³/mol. The van der Waals surface area contributed by atoms with Gasteiger partial charge in [-0.2, -0.15) is 0 Å². The molecule has 4 rings (SSSR count). The van der Waals surface area contributed by atoms with Gasteiger partial charge in [0.25, 0.3) is 0 Å². The Labute approximate surface area is 124 Å². The lowest BCUT2D eigenvalue weighted by Crippen LogP contribution is -2.23. The highest BCUT2D eigenvalue weighted by Crippen LogP contribution is 2.40. The highest BCUT2D eigenvalue weighted by molar-refractivity contribution is 7.99. The number of nitrogens with two attached hydrogens (primary N) is 1. The summed E-state index contributed by atoms with van der Waals surface area (Å²) in [6.07, 6.45) is 0. The molecule has 2 heterocycles. The van der Waals surface area contributed by atoms with Gasteiger partial charge in [-0.15, -0.1) is 11.8 Å². The Morgan fingerprint density at radius 3 is 2.90 bits per heavy atom.